The third-order valence-corrected chi connectivity index (χ3v) is 3.87. The highest BCUT2D eigenvalue weighted by Gasteiger charge is 2.17. The number of piperazine rings is 1. The van der Waals surface area contributed by atoms with Crippen LogP contribution in [0.15, 0.2) is 30.3 Å². The summed E-state index contributed by atoms with van der Waals surface area (Å²) < 4.78 is 0. The van der Waals surface area contributed by atoms with Gasteiger partial charge in [0.1, 0.15) is 0 Å². The fraction of sp³-hybridized carbons (Fsp3) is 0.333. The summed E-state index contributed by atoms with van der Waals surface area (Å²) in [6.45, 7) is 3.62. The molecule has 3 rings (SSSR count). The van der Waals surface area contributed by atoms with Gasteiger partial charge in [0.05, 0.1) is 11.4 Å². The Hall–Kier alpha value is -1.85. The second-order valence-electron chi connectivity index (χ2n) is 5.07. The van der Waals surface area contributed by atoms with Crippen molar-refractivity contribution < 1.29 is 0 Å². The average molecular weight is 304 g/mol. The summed E-state index contributed by atoms with van der Waals surface area (Å²) in [4.78, 5) is 11.1. The molecule has 1 aromatic carbocycles. The minimum Gasteiger partial charge on any atom is -0.395 e. The molecule has 6 heteroatoms. The molecule has 0 unspecified atom stereocenters. The van der Waals surface area contributed by atoms with Crippen LogP contribution in [0.1, 0.15) is 11.3 Å². The lowest BCUT2D eigenvalue weighted by molar-refractivity contribution is 0.579. The van der Waals surface area contributed by atoms with E-state index in [1.165, 1.54) is 0 Å². The molecule has 1 aliphatic rings. The lowest BCUT2D eigenvalue weighted by Crippen LogP contribution is -2.44. The summed E-state index contributed by atoms with van der Waals surface area (Å²) in [6, 6.07) is 10.1. The molecule has 3 N–H and O–H groups in total. The van der Waals surface area contributed by atoms with E-state index >= 15 is 0 Å². The topological polar surface area (TPSA) is 67.1 Å². The molecule has 1 saturated heterocycles. The molecule has 0 spiro atoms. The van der Waals surface area contributed by atoms with E-state index in [1.807, 2.05) is 18.2 Å². The summed E-state index contributed by atoms with van der Waals surface area (Å²) in [5, 5.41) is 3.65. The van der Waals surface area contributed by atoms with Gasteiger partial charge in [-0.15, -0.1) is 0 Å². The zero-order valence-electron chi connectivity index (χ0n) is 11.7. The van der Waals surface area contributed by atoms with Gasteiger partial charge in [-0.25, -0.2) is 4.98 Å². The molecule has 0 saturated carbocycles. The highest BCUT2D eigenvalue weighted by molar-refractivity contribution is 6.32. The van der Waals surface area contributed by atoms with Crippen molar-refractivity contribution in [2.75, 3.05) is 36.8 Å². The monoisotopic (exact) mass is 303 g/mol. The Bertz CT molecular complexity index is 611. The zero-order chi connectivity index (χ0) is 14.7. The summed E-state index contributed by atoms with van der Waals surface area (Å²) in [7, 11) is 0. The van der Waals surface area contributed by atoms with E-state index in [0.717, 1.165) is 37.4 Å². The van der Waals surface area contributed by atoms with E-state index < -0.39 is 0 Å². The van der Waals surface area contributed by atoms with Crippen molar-refractivity contribution >= 4 is 23.2 Å². The number of nitrogens with one attached hydrogen (secondary N) is 1. The fourth-order valence-corrected chi connectivity index (χ4v) is 2.59. The van der Waals surface area contributed by atoms with Gasteiger partial charge in [-0.2, -0.15) is 4.98 Å². The molecule has 2 heterocycles. The zero-order valence-corrected chi connectivity index (χ0v) is 12.5. The van der Waals surface area contributed by atoms with Gasteiger partial charge in [0.2, 0.25) is 5.95 Å². The average Bonchev–Trinajstić information content (AvgIpc) is 2.53. The van der Waals surface area contributed by atoms with Crippen LogP contribution in [0.2, 0.25) is 5.15 Å². The van der Waals surface area contributed by atoms with E-state index in [9.17, 15) is 0 Å². The van der Waals surface area contributed by atoms with E-state index in [4.69, 9.17) is 17.3 Å². The molecule has 0 radical (unpaired) electrons. The lowest BCUT2D eigenvalue weighted by atomic mass is 10.1. The number of benzene rings is 1. The first-order valence-corrected chi connectivity index (χ1v) is 7.43. The van der Waals surface area contributed by atoms with Gasteiger partial charge in [0.25, 0.3) is 0 Å². The maximum atomic E-state index is 6.19. The number of hydrogen-bond acceptors (Lipinski definition) is 5. The Balaban J connectivity index is 1.90. The van der Waals surface area contributed by atoms with Gasteiger partial charge in [0, 0.05) is 32.6 Å². The Kier molecular flexibility index (Phi) is 4.22. The van der Waals surface area contributed by atoms with Crippen LogP contribution in [0.25, 0.3) is 0 Å². The van der Waals surface area contributed by atoms with Crippen molar-refractivity contribution in [2.45, 2.75) is 6.42 Å². The summed E-state index contributed by atoms with van der Waals surface area (Å²) >= 11 is 6.19. The molecule has 21 heavy (non-hydrogen) atoms. The van der Waals surface area contributed by atoms with E-state index in [-0.39, 0.29) is 0 Å². The number of aromatic nitrogens is 2. The molecule has 1 aromatic heterocycles. The number of anilines is 2. The number of nitrogens with two attached hydrogens (primary N) is 1. The molecular formula is C15H18ClN5. The van der Waals surface area contributed by atoms with Crippen molar-refractivity contribution in [3.63, 3.8) is 0 Å². The molecule has 1 aliphatic heterocycles. The first kappa shape index (κ1) is 14.1. The Morgan fingerprint density at radius 2 is 1.86 bits per heavy atom. The van der Waals surface area contributed by atoms with Gasteiger partial charge in [-0.05, 0) is 5.56 Å². The van der Waals surface area contributed by atoms with Crippen molar-refractivity contribution in [3.05, 3.63) is 46.7 Å². The quantitative estimate of drug-likeness (QED) is 0.845. The smallest absolute Gasteiger partial charge is 0.227 e. The normalized spacial score (nSPS) is 15.2. The number of hydrogen-bond donors (Lipinski definition) is 2. The molecule has 2 aromatic rings. The molecular weight excluding hydrogens is 286 g/mol. The highest BCUT2D eigenvalue weighted by Crippen LogP contribution is 2.25. The SMILES string of the molecule is Nc1c(Cl)nc(N2CCNCC2)nc1Cc1ccccc1. The van der Waals surface area contributed by atoms with E-state index in [2.05, 4.69) is 32.3 Å². The number of halogens is 1. The second kappa shape index (κ2) is 6.28. The van der Waals surface area contributed by atoms with Crippen molar-refractivity contribution in [1.29, 1.82) is 0 Å². The summed E-state index contributed by atoms with van der Waals surface area (Å²) in [6.07, 6.45) is 0.661. The predicted octanol–water partition coefficient (Wildman–Crippen LogP) is 1.71. The van der Waals surface area contributed by atoms with Gasteiger partial charge >= 0.3 is 0 Å². The van der Waals surface area contributed by atoms with Crippen molar-refractivity contribution in [3.8, 4) is 0 Å². The van der Waals surface area contributed by atoms with Crippen LogP contribution >= 0.6 is 11.6 Å². The lowest BCUT2D eigenvalue weighted by Gasteiger charge is -2.28. The second-order valence-corrected chi connectivity index (χ2v) is 5.43. The first-order chi connectivity index (χ1) is 10.2. The molecule has 0 amide bonds. The van der Waals surface area contributed by atoms with Crippen LogP contribution in [0.5, 0.6) is 0 Å². The van der Waals surface area contributed by atoms with Gasteiger partial charge in [-0.1, -0.05) is 41.9 Å². The van der Waals surface area contributed by atoms with Gasteiger partial charge in [0.15, 0.2) is 5.15 Å². The number of nitrogen functional groups attached to an aromatic ring is 1. The van der Waals surface area contributed by atoms with Crippen molar-refractivity contribution in [2.24, 2.45) is 0 Å². The van der Waals surface area contributed by atoms with Gasteiger partial charge < -0.3 is 16.0 Å². The van der Waals surface area contributed by atoms with Crippen molar-refractivity contribution in [1.82, 2.24) is 15.3 Å². The standard InChI is InChI=1S/C15H18ClN5/c16-14-13(17)12(10-11-4-2-1-3-5-11)19-15(20-14)21-8-6-18-7-9-21/h1-5,18H,6-10,17H2. The minimum atomic E-state index is 0.337. The van der Waals surface area contributed by atoms with Crippen LogP contribution in [-0.2, 0) is 6.42 Å². The number of nitrogens with zero attached hydrogens (tertiary/aromatic N) is 3. The minimum absolute atomic E-state index is 0.337. The molecule has 0 bridgehead atoms. The van der Waals surface area contributed by atoms with Crippen LogP contribution in [0.3, 0.4) is 0 Å². The number of rotatable bonds is 3. The molecule has 1 fully saturated rings. The van der Waals surface area contributed by atoms with E-state index in [0.29, 0.717) is 23.2 Å². The highest BCUT2D eigenvalue weighted by atomic mass is 35.5. The Morgan fingerprint density at radius 1 is 1.14 bits per heavy atom. The molecule has 0 aliphatic carbocycles. The third kappa shape index (κ3) is 3.25. The third-order valence-electron chi connectivity index (χ3n) is 3.58. The van der Waals surface area contributed by atoms with Gasteiger partial charge in [-0.3, -0.25) is 0 Å². The maximum absolute atomic E-state index is 6.19. The molecule has 0 atom stereocenters. The van der Waals surface area contributed by atoms with Crippen LogP contribution in [0, 0.1) is 0 Å². The van der Waals surface area contributed by atoms with Crippen LogP contribution in [0.4, 0.5) is 11.6 Å². The largest absolute Gasteiger partial charge is 0.395 e. The maximum Gasteiger partial charge on any atom is 0.227 e. The van der Waals surface area contributed by atoms with Crippen LogP contribution in [-0.4, -0.2) is 36.1 Å². The predicted molar refractivity (Wildman–Crippen MR) is 85.8 cm³/mol. The van der Waals surface area contributed by atoms with Crippen LogP contribution < -0.4 is 16.0 Å². The summed E-state index contributed by atoms with van der Waals surface area (Å²) in [5.41, 5.74) is 8.46. The fourth-order valence-electron chi connectivity index (χ4n) is 2.40. The Morgan fingerprint density at radius 3 is 2.57 bits per heavy atom. The first-order valence-electron chi connectivity index (χ1n) is 7.05. The summed E-state index contributed by atoms with van der Waals surface area (Å²) in [5.74, 6) is 0.668. The van der Waals surface area contributed by atoms with E-state index in [1.54, 1.807) is 0 Å². The molecule has 110 valence electrons. The molecule has 5 nitrogen and oxygen atoms in total. The Labute approximate surface area is 129 Å².